The second-order valence-electron chi connectivity index (χ2n) is 3.78. The number of rotatable bonds is 5. The van der Waals surface area contributed by atoms with Gasteiger partial charge < -0.3 is 9.84 Å². The normalized spacial score (nSPS) is 13.1. The second kappa shape index (κ2) is 5.83. The Morgan fingerprint density at radius 3 is 2.40 bits per heavy atom. The molecule has 15 heavy (non-hydrogen) atoms. The minimum Gasteiger partial charge on any atom is -0.388 e. The Morgan fingerprint density at radius 2 is 1.87 bits per heavy atom. The Balaban J connectivity index is 2.40. The summed E-state index contributed by atoms with van der Waals surface area (Å²) in [5, 5.41) is 9.72. The summed E-state index contributed by atoms with van der Waals surface area (Å²) in [5.74, 6) is -0.288. The van der Waals surface area contributed by atoms with E-state index in [1.165, 1.54) is 12.1 Å². The first-order chi connectivity index (χ1) is 7.09. The molecular formula is C12H17FO2. The van der Waals surface area contributed by atoms with Crippen LogP contribution in [0.5, 0.6) is 0 Å². The maximum Gasteiger partial charge on any atom is 0.123 e. The van der Waals surface area contributed by atoms with Crippen molar-refractivity contribution in [2.75, 3.05) is 6.61 Å². The Labute approximate surface area is 89.7 Å². The van der Waals surface area contributed by atoms with Crippen LogP contribution in [0.2, 0.25) is 0 Å². The summed E-state index contributed by atoms with van der Waals surface area (Å²) in [6.45, 7) is 4.41. The van der Waals surface area contributed by atoms with E-state index in [0.717, 1.165) is 5.56 Å². The molecule has 0 amide bonds. The molecule has 2 nitrogen and oxygen atoms in total. The maximum atomic E-state index is 12.6. The van der Waals surface area contributed by atoms with Gasteiger partial charge in [-0.2, -0.15) is 0 Å². The van der Waals surface area contributed by atoms with Crippen molar-refractivity contribution in [3.05, 3.63) is 35.6 Å². The van der Waals surface area contributed by atoms with E-state index in [2.05, 4.69) is 0 Å². The lowest BCUT2D eigenvalue weighted by molar-refractivity contribution is 0.0465. The number of aliphatic hydroxyl groups is 1. The molecule has 0 aromatic heterocycles. The topological polar surface area (TPSA) is 29.5 Å². The summed E-state index contributed by atoms with van der Waals surface area (Å²) in [4.78, 5) is 0. The van der Waals surface area contributed by atoms with Crippen molar-refractivity contribution in [1.29, 1.82) is 0 Å². The van der Waals surface area contributed by atoms with Gasteiger partial charge in [0.1, 0.15) is 5.82 Å². The third kappa shape index (κ3) is 4.40. The highest BCUT2D eigenvalue weighted by atomic mass is 19.1. The van der Waals surface area contributed by atoms with Crippen LogP contribution >= 0.6 is 0 Å². The van der Waals surface area contributed by atoms with Crippen molar-refractivity contribution in [2.45, 2.75) is 32.5 Å². The van der Waals surface area contributed by atoms with Crippen LogP contribution in [0, 0.1) is 5.82 Å². The third-order valence-corrected chi connectivity index (χ3v) is 2.10. The smallest absolute Gasteiger partial charge is 0.123 e. The monoisotopic (exact) mass is 212 g/mol. The molecule has 0 aliphatic carbocycles. The SMILES string of the molecule is CC(C)OCCC(O)c1ccc(F)cc1. The van der Waals surface area contributed by atoms with E-state index in [-0.39, 0.29) is 11.9 Å². The number of benzene rings is 1. The molecule has 1 aromatic rings. The zero-order chi connectivity index (χ0) is 11.3. The lowest BCUT2D eigenvalue weighted by atomic mass is 10.1. The fourth-order valence-electron chi connectivity index (χ4n) is 1.27. The van der Waals surface area contributed by atoms with Crippen LogP contribution in [0.15, 0.2) is 24.3 Å². The van der Waals surface area contributed by atoms with Crippen molar-refractivity contribution in [2.24, 2.45) is 0 Å². The van der Waals surface area contributed by atoms with Crippen LogP contribution in [0.4, 0.5) is 4.39 Å². The molecule has 0 radical (unpaired) electrons. The molecule has 1 rings (SSSR count). The molecule has 0 spiro atoms. The Kier molecular flexibility index (Phi) is 4.72. The average molecular weight is 212 g/mol. The highest BCUT2D eigenvalue weighted by Gasteiger charge is 2.07. The first-order valence-corrected chi connectivity index (χ1v) is 5.14. The Bertz CT molecular complexity index is 282. The third-order valence-electron chi connectivity index (χ3n) is 2.10. The van der Waals surface area contributed by atoms with Crippen molar-refractivity contribution in [1.82, 2.24) is 0 Å². The van der Waals surface area contributed by atoms with Crippen LogP contribution in [-0.2, 0) is 4.74 Å². The van der Waals surface area contributed by atoms with E-state index in [1.807, 2.05) is 13.8 Å². The molecule has 1 unspecified atom stereocenters. The molecule has 84 valence electrons. The molecule has 0 saturated heterocycles. The molecule has 1 N–H and O–H groups in total. The van der Waals surface area contributed by atoms with E-state index >= 15 is 0 Å². The molecule has 0 bridgehead atoms. The minimum absolute atomic E-state index is 0.172. The van der Waals surface area contributed by atoms with Gasteiger partial charge in [0.05, 0.1) is 12.2 Å². The fourth-order valence-corrected chi connectivity index (χ4v) is 1.27. The molecular weight excluding hydrogens is 195 g/mol. The summed E-state index contributed by atoms with van der Waals surface area (Å²) >= 11 is 0. The molecule has 0 fully saturated rings. The van der Waals surface area contributed by atoms with Gasteiger partial charge >= 0.3 is 0 Å². The van der Waals surface area contributed by atoms with E-state index in [4.69, 9.17) is 4.74 Å². The van der Waals surface area contributed by atoms with Crippen LogP contribution < -0.4 is 0 Å². The lowest BCUT2D eigenvalue weighted by Gasteiger charge is -2.12. The Morgan fingerprint density at radius 1 is 1.27 bits per heavy atom. The molecule has 3 heteroatoms. The lowest BCUT2D eigenvalue weighted by Crippen LogP contribution is -2.08. The summed E-state index contributed by atoms with van der Waals surface area (Å²) in [6, 6.07) is 5.88. The van der Waals surface area contributed by atoms with Crippen molar-refractivity contribution in [3.63, 3.8) is 0 Å². The predicted octanol–water partition coefficient (Wildman–Crippen LogP) is 2.67. The number of halogens is 1. The van der Waals surface area contributed by atoms with E-state index in [1.54, 1.807) is 12.1 Å². The largest absolute Gasteiger partial charge is 0.388 e. The van der Waals surface area contributed by atoms with Crippen LogP contribution in [-0.4, -0.2) is 17.8 Å². The first kappa shape index (κ1) is 12.1. The van der Waals surface area contributed by atoms with Gasteiger partial charge in [-0.3, -0.25) is 0 Å². The number of hydrogen-bond acceptors (Lipinski definition) is 2. The van der Waals surface area contributed by atoms with Gasteiger partial charge in [-0.05, 0) is 31.5 Å². The molecule has 0 saturated carbocycles. The summed E-state index contributed by atoms with van der Waals surface area (Å²) in [5.41, 5.74) is 0.726. The molecule has 1 aromatic carbocycles. The highest BCUT2D eigenvalue weighted by molar-refractivity contribution is 5.18. The summed E-state index contributed by atoms with van der Waals surface area (Å²) in [7, 11) is 0. The quantitative estimate of drug-likeness (QED) is 0.813. The Hall–Kier alpha value is -0.930. The van der Waals surface area contributed by atoms with E-state index < -0.39 is 6.10 Å². The fraction of sp³-hybridized carbons (Fsp3) is 0.500. The van der Waals surface area contributed by atoms with Gasteiger partial charge in [-0.25, -0.2) is 4.39 Å². The zero-order valence-corrected chi connectivity index (χ0v) is 9.11. The van der Waals surface area contributed by atoms with Gasteiger partial charge in [0, 0.05) is 13.0 Å². The van der Waals surface area contributed by atoms with Gasteiger partial charge in [0.25, 0.3) is 0 Å². The van der Waals surface area contributed by atoms with Gasteiger partial charge in [0.2, 0.25) is 0 Å². The van der Waals surface area contributed by atoms with Crippen LogP contribution in [0.1, 0.15) is 31.9 Å². The maximum absolute atomic E-state index is 12.6. The summed E-state index contributed by atoms with van der Waals surface area (Å²) < 4.78 is 17.9. The van der Waals surface area contributed by atoms with Gasteiger partial charge in [0.15, 0.2) is 0 Å². The molecule has 0 heterocycles. The number of aliphatic hydroxyl groups excluding tert-OH is 1. The second-order valence-corrected chi connectivity index (χ2v) is 3.78. The van der Waals surface area contributed by atoms with Crippen molar-refractivity contribution < 1.29 is 14.2 Å². The van der Waals surface area contributed by atoms with E-state index in [0.29, 0.717) is 13.0 Å². The average Bonchev–Trinajstić information content (AvgIpc) is 2.18. The number of hydrogen-bond donors (Lipinski definition) is 1. The summed E-state index contributed by atoms with van der Waals surface area (Å²) in [6.07, 6.45) is 0.124. The van der Waals surface area contributed by atoms with E-state index in [9.17, 15) is 9.50 Å². The van der Waals surface area contributed by atoms with Crippen LogP contribution in [0.3, 0.4) is 0 Å². The number of ether oxygens (including phenoxy) is 1. The zero-order valence-electron chi connectivity index (χ0n) is 9.11. The highest BCUT2D eigenvalue weighted by Crippen LogP contribution is 2.16. The van der Waals surface area contributed by atoms with Gasteiger partial charge in [-0.1, -0.05) is 12.1 Å². The predicted molar refractivity (Wildman–Crippen MR) is 57.1 cm³/mol. The standard InChI is InChI=1S/C12H17FO2/c1-9(2)15-8-7-12(14)10-3-5-11(13)6-4-10/h3-6,9,12,14H,7-8H2,1-2H3. The van der Waals surface area contributed by atoms with Gasteiger partial charge in [-0.15, -0.1) is 0 Å². The van der Waals surface area contributed by atoms with Crippen LogP contribution in [0.25, 0.3) is 0 Å². The molecule has 0 aliphatic heterocycles. The van der Waals surface area contributed by atoms with Crippen molar-refractivity contribution in [3.8, 4) is 0 Å². The first-order valence-electron chi connectivity index (χ1n) is 5.14. The molecule has 0 aliphatic rings. The molecule has 1 atom stereocenters. The minimum atomic E-state index is -0.579. The van der Waals surface area contributed by atoms with Crippen molar-refractivity contribution >= 4 is 0 Å².